The highest BCUT2D eigenvalue weighted by Crippen LogP contribution is 2.30. The number of amides is 1. The fourth-order valence-electron chi connectivity index (χ4n) is 3.35. The molecule has 1 aliphatic heterocycles. The summed E-state index contributed by atoms with van der Waals surface area (Å²) in [4.78, 5) is 12.6. The van der Waals surface area contributed by atoms with Crippen LogP contribution in [0, 0.1) is 26.7 Å². The molecule has 1 amide bonds. The number of rotatable bonds is 2. The third-order valence-corrected chi connectivity index (χ3v) is 4.79. The maximum Gasteiger partial charge on any atom is 0.287 e. The Labute approximate surface area is 143 Å². The lowest BCUT2D eigenvalue weighted by Crippen LogP contribution is -2.48. The second-order valence-electron chi connectivity index (χ2n) is 6.51. The quantitative estimate of drug-likeness (QED) is 0.882. The summed E-state index contributed by atoms with van der Waals surface area (Å²) >= 11 is 0. The smallest absolute Gasteiger partial charge is 0.287 e. The van der Waals surface area contributed by atoms with Crippen LogP contribution >= 0.6 is 12.4 Å². The summed E-state index contributed by atoms with van der Waals surface area (Å²) in [7, 11) is 0. The number of hydrogen-bond acceptors (Lipinski definition) is 3. The van der Waals surface area contributed by atoms with Crippen LogP contribution in [0.25, 0.3) is 11.0 Å². The number of hydrogen-bond donors (Lipinski definition) is 2. The van der Waals surface area contributed by atoms with Gasteiger partial charge < -0.3 is 15.1 Å². The van der Waals surface area contributed by atoms with Crippen LogP contribution in [0.1, 0.15) is 40.6 Å². The molecule has 2 aromatic rings. The van der Waals surface area contributed by atoms with Crippen molar-refractivity contribution < 1.29 is 9.21 Å². The van der Waals surface area contributed by atoms with Gasteiger partial charge in [0.15, 0.2) is 5.76 Å². The number of nitrogens with one attached hydrogen (secondary N) is 2. The largest absolute Gasteiger partial charge is 0.450 e. The molecule has 5 heteroatoms. The number of fused-ring (bicyclic) bond motifs is 1. The van der Waals surface area contributed by atoms with Gasteiger partial charge in [0.25, 0.3) is 5.91 Å². The van der Waals surface area contributed by atoms with Crippen LogP contribution in [0.5, 0.6) is 0 Å². The molecule has 2 N–H and O–H groups in total. The summed E-state index contributed by atoms with van der Waals surface area (Å²) in [5, 5.41) is 7.58. The van der Waals surface area contributed by atoms with E-state index in [1.54, 1.807) is 0 Å². The molecule has 0 saturated carbocycles. The van der Waals surface area contributed by atoms with Crippen molar-refractivity contribution in [3.05, 3.63) is 34.6 Å². The van der Waals surface area contributed by atoms with Crippen LogP contribution in [-0.2, 0) is 0 Å². The first-order valence-electron chi connectivity index (χ1n) is 8.00. The van der Waals surface area contributed by atoms with Gasteiger partial charge in [-0.15, -0.1) is 12.4 Å². The third-order valence-electron chi connectivity index (χ3n) is 4.79. The molecule has 1 fully saturated rings. The van der Waals surface area contributed by atoms with Crippen LogP contribution in [0.15, 0.2) is 16.5 Å². The maximum atomic E-state index is 12.6. The highest BCUT2D eigenvalue weighted by molar-refractivity contribution is 6.00. The van der Waals surface area contributed by atoms with Crippen LogP contribution in [0.4, 0.5) is 0 Å². The lowest BCUT2D eigenvalue weighted by Gasteiger charge is -2.29. The van der Waals surface area contributed by atoms with E-state index < -0.39 is 0 Å². The van der Waals surface area contributed by atoms with Gasteiger partial charge >= 0.3 is 0 Å². The van der Waals surface area contributed by atoms with Gasteiger partial charge in [0.05, 0.1) is 0 Å². The van der Waals surface area contributed by atoms with Crippen molar-refractivity contribution in [3.63, 3.8) is 0 Å². The minimum absolute atomic E-state index is 0. The molecule has 1 saturated heterocycles. The number of benzene rings is 1. The molecule has 1 aromatic carbocycles. The van der Waals surface area contributed by atoms with Gasteiger partial charge in [-0.1, -0.05) is 19.1 Å². The van der Waals surface area contributed by atoms with Crippen LogP contribution in [0.2, 0.25) is 0 Å². The Hall–Kier alpha value is -1.52. The highest BCUT2D eigenvalue weighted by atomic mass is 35.5. The van der Waals surface area contributed by atoms with E-state index in [1.807, 2.05) is 19.9 Å². The molecule has 2 unspecified atom stereocenters. The van der Waals surface area contributed by atoms with Crippen molar-refractivity contribution in [1.29, 1.82) is 0 Å². The molecule has 0 aliphatic carbocycles. The van der Waals surface area contributed by atoms with E-state index in [4.69, 9.17) is 4.42 Å². The zero-order valence-electron chi connectivity index (χ0n) is 14.2. The average molecular weight is 337 g/mol. The molecule has 2 heterocycles. The Morgan fingerprint density at radius 3 is 2.61 bits per heavy atom. The molecule has 4 nitrogen and oxygen atoms in total. The summed E-state index contributed by atoms with van der Waals surface area (Å²) in [5.41, 5.74) is 3.99. The molecule has 1 aromatic heterocycles. The number of carbonyl (C=O) groups excluding carboxylic acids is 1. The number of furan rings is 1. The zero-order valence-corrected chi connectivity index (χ0v) is 15.0. The normalized spacial score (nSPS) is 21.0. The standard InChI is InChI=1S/C18H24N2O2.ClH/c1-10-5-6-11(2)16-15(10)13(4)17(22-16)18(21)20-14-7-8-19-9-12(14)3;/h5-6,12,14,19H,7-9H2,1-4H3,(H,20,21);1H. The monoisotopic (exact) mass is 336 g/mol. The fourth-order valence-corrected chi connectivity index (χ4v) is 3.35. The number of carbonyl (C=O) groups is 1. The molecule has 126 valence electrons. The van der Waals surface area contributed by atoms with Crippen LogP contribution < -0.4 is 10.6 Å². The average Bonchev–Trinajstić information content (AvgIpc) is 2.84. The van der Waals surface area contributed by atoms with Gasteiger partial charge in [0.2, 0.25) is 0 Å². The Morgan fingerprint density at radius 1 is 1.26 bits per heavy atom. The van der Waals surface area contributed by atoms with Gasteiger partial charge in [-0.05, 0) is 57.3 Å². The van der Waals surface area contributed by atoms with E-state index in [0.717, 1.165) is 47.2 Å². The van der Waals surface area contributed by atoms with Gasteiger partial charge in [-0.25, -0.2) is 0 Å². The van der Waals surface area contributed by atoms with Gasteiger partial charge in [-0.2, -0.15) is 0 Å². The molecule has 0 radical (unpaired) electrons. The first kappa shape index (κ1) is 17.8. The Balaban J connectivity index is 0.00000192. The second-order valence-corrected chi connectivity index (χ2v) is 6.51. The van der Waals surface area contributed by atoms with Crippen molar-refractivity contribution in [2.45, 2.75) is 40.2 Å². The zero-order chi connectivity index (χ0) is 15.9. The topological polar surface area (TPSA) is 54.3 Å². The van der Waals surface area contributed by atoms with Gasteiger partial charge in [-0.3, -0.25) is 4.79 Å². The van der Waals surface area contributed by atoms with Gasteiger partial charge in [0, 0.05) is 17.0 Å². The molecular formula is C18H25ClN2O2. The van der Waals surface area contributed by atoms with E-state index in [0.29, 0.717) is 11.7 Å². The Kier molecular flexibility index (Phi) is 5.37. The molecule has 1 aliphatic rings. The van der Waals surface area contributed by atoms with Crippen molar-refractivity contribution in [3.8, 4) is 0 Å². The van der Waals surface area contributed by atoms with Crippen LogP contribution in [-0.4, -0.2) is 25.0 Å². The number of piperidine rings is 1. The van der Waals surface area contributed by atoms with E-state index >= 15 is 0 Å². The van der Waals surface area contributed by atoms with Gasteiger partial charge in [0.1, 0.15) is 5.58 Å². The lowest BCUT2D eigenvalue weighted by molar-refractivity contribution is 0.0887. The highest BCUT2D eigenvalue weighted by Gasteiger charge is 2.26. The molecule has 23 heavy (non-hydrogen) atoms. The number of halogens is 1. The predicted molar refractivity (Wildman–Crippen MR) is 95.6 cm³/mol. The minimum atomic E-state index is -0.0914. The summed E-state index contributed by atoms with van der Waals surface area (Å²) in [6, 6.07) is 4.33. The Morgan fingerprint density at radius 2 is 1.96 bits per heavy atom. The SMILES string of the molecule is Cc1ccc(C)c2c(C)c(C(=O)NC3CCNCC3C)oc12.Cl. The van der Waals surface area contributed by atoms with Crippen molar-refractivity contribution >= 4 is 29.3 Å². The molecule has 3 rings (SSSR count). The molecule has 0 spiro atoms. The third kappa shape index (κ3) is 3.24. The van der Waals surface area contributed by atoms with Crippen molar-refractivity contribution in [2.24, 2.45) is 5.92 Å². The van der Waals surface area contributed by atoms with Crippen molar-refractivity contribution in [1.82, 2.24) is 10.6 Å². The Bertz CT molecular complexity index is 723. The summed E-state index contributed by atoms with van der Waals surface area (Å²) in [5.74, 6) is 0.801. The van der Waals surface area contributed by atoms with Crippen LogP contribution in [0.3, 0.4) is 0 Å². The van der Waals surface area contributed by atoms with E-state index in [-0.39, 0.29) is 24.4 Å². The summed E-state index contributed by atoms with van der Waals surface area (Å²) in [6.45, 7) is 10.1. The molecular weight excluding hydrogens is 312 g/mol. The summed E-state index contributed by atoms with van der Waals surface area (Å²) in [6.07, 6.45) is 0.963. The molecule has 2 atom stereocenters. The lowest BCUT2D eigenvalue weighted by atomic mass is 9.95. The minimum Gasteiger partial charge on any atom is -0.450 e. The first-order valence-corrected chi connectivity index (χ1v) is 8.00. The summed E-state index contributed by atoms with van der Waals surface area (Å²) < 4.78 is 5.92. The number of aryl methyl sites for hydroxylation is 3. The van der Waals surface area contributed by atoms with E-state index in [9.17, 15) is 4.79 Å². The van der Waals surface area contributed by atoms with E-state index in [1.165, 1.54) is 0 Å². The first-order chi connectivity index (χ1) is 10.5. The fraction of sp³-hybridized carbons (Fsp3) is 0.500. The maximum absolute atomic E-state index is 12.6. The predicted octanol–water partition coefficient (Wildman–Crippen LogP) is 3.51. The van der Waals surface area contributed by atoms with Crippen molar-refractivity contribution in [2.75, 3.05) is 13.1 Å². The van der Waals surface area contributed by atoms with E-state index in [2.05, 4.69) is 30.5 Å². The second kappa shape index (κ2) is 6.93. The molecule has 0 bridgehead atoms.